The summed E-state index contributed by atoms with van der Waals surface area (Å²) in [6.45, 7) is 7.02. The quantitative estimate of drug-likeness (QED) is 0.223. The number of pyridine rings is 2. The molecule has 0 radical (unpaired) electrons. The summed E-state index contributed by atoms with van der Waals surface area (Å²) in [5.74, 6) is -1.06. The van der Waals surface area contributed by atoms with Crippen molar-refractivity contribution < 1.29 is 43.3 Å². The van der Waals surface area contributed by atoms with Gasteiger partial charge in [-0.05, 0) is 62.6 Å². The van der Waals surface area contributed by atoms with Gasteiger partial charge in [0.1, 0.15) is 24.7 Å². The zero-order valence-electron chi connectivity index (χ0n) is 31.7. The molecular formula is C40H41N5O10. The number of fused-ring (bicyclic) bond motifs is 6. The van der Waals surface area contributed by atoms with E-state index in [9.17, 15) is 33.9 Å². The first-order valence-corrected chi connectivity index (χ1v) is 18.0. The van der Waals surface area contributed by atoms with Crippen LogP contribution in [0, 0.1) is 6.92 Å². The van der Waals surface area contributed by atoms with Gasteiger partial charge in [0, 0.05) is 67.6 Å². The molecule has 286 valence electrons. The minimum absolute atomic E-state index is 0.0443. The highest BCUT2D eigenvalue weighted by molar-refractivity contribution is 6.24. The van der Waals surface area contributed by atoms with Crippen molar-refractivity contribution in [2.45, 2.75) is 65.9 Å². The molecule has 7 rings (SSSR count). The maximum absolute atomic E-state index is 13.6. The van der Waals surface area contributed by atoms with Crippen LogP contribution < -0.4 is 10.3 Å². The molecule has 0 fully saturated rings. The van der Waals surface area contributed by atoms with E-state index in [1.807, 2.05) is 6.92 Å². The first kappa shape index (κ1) is 37.2. The van der Waals surface area contributed by atoms with Crippen LogP contribution in [0.25, 0.3) is 22.3 Å². The first-order chi connectivity index (χ1) is 26.1. The van der Waals surface area contributed by atoms with Crippen LogP contribution in [-0.2, 0) is 53.1 Å². The Morgan fingerprint density at radius 2 is 1.71 bits per heavy atom. The highest BCUT2D eigenvalue weighted by Gasteiger charge is 2.45. The number of cyclic esters (lactones) is 1. The zero-order chi connectivity index (χ0) is 39.7. The third-order valence-corrected chi connectivity index (χ3v) is 11.1. The smallest absolute Gasteiger partial charge is 0.415 e. The van der Waals surface area contributed by atoms with Gasteiger partial charge in [-0.25, -0.2) is 19.4 Å². The maximum atomic E-state index is 13.6. The molecule has 2 amide bonds. The summed E-state index contributed by atoms with van der Waals surface area (Å²) in [6.07, 6.45) is 0.613. The lowest BCUT2D eigenvalue weighted by Gasteiger charge is -2.31. The number of carbonyl (C=O) groups is 5. The fraction of sp³-hybridized carbons (Fsp3) is 0.375. The van der Waals surface area contributed by atoms with E-state index in [-0.39, 0.29) is 84.5 Å². The minimum atomic E-state index is -1.93. The van der Waals surface area contributed by atoms with E-state index in [1.165, 1.54) is 22.9 Å². The van der Waals surface area contributed by atoms with Gasteiger partial charge in [0.15, 0.2) is 11.4 Å². The van der Waals surface area contributed by atoms with Crippen LogP contribution in [0.4, 0.5) is 9.59 Å². The highest BCUT2D eigenvalue weighted by atomic mass is 16.6. The Balaban J connectivity index is 1.03. The van der Waals surface area contributed by atoms with Gasteiger partial charge in [0.2, 0.25) is 5.78 Å². The average molecular weight is 752 g/mol. The summed E-state index contributed by atoms with van der Waals surface area (Å²) < 4.78 is 19.6. The first-order valence-electron chi connectivity index (χ1n) is 18.0. The van der Waals surface area contributed by atoms with Crippen molar-refractivity contribution in [3.63, 3.8) is 0 Å². The summed E-state index contributed by atoms with van der Waals surface area (Å²) in [7, 11) is 4.75. The van der Waals surface area contributed by atoms with Crippen molar-refractivity contribution in [1.82, 2.24) is 23.9 Å². The van der Waals surface area contributed by atoms with Crippen molar-refractivity contribution in [3.8, 4) is 17.1 Å². The number of allylic oxidation sites excluding steroid dienone is 2. The number of Topliss-reactive ketones (excluding diaryl/α,β-unsaturated/α-hetero) is 1. The number of rotatable bonds is 8. The molecule has 0 bridgehead atoms. The Morgan fingerprint density at radius 1 is 1.00 bits per heavy atom. The molecule has 3 aliphatic rings. The van der Waals surface area contributed by atoms with Crippen molar-refractivity contribution >= 4 is 40.6 Å². The second kappa shape index (κ2) is 13.6. The van der Waals surface area contributed by atoms with Gasteiger partial charge in [-0.3, -0.25) is 14.4 Å². The van der Waals surface area contributed by atoms with Crippen LogP contribution in [0.1, 0.15) is 81.5 Å². The molecular weight excluding hydrogens is 710 g/mol. The molecule has 15 heteroatoms. The number of ether oxygens (including phenoxy) is 3. The van der Waals surface area contributed by atoms with Gasteiger partial charge in [-0.1, -0.05) is 13.8 Å². The van der Waals surface area contributed by atoms with Crippen molar-refractivity contribution in [3.05, 3.63) is 91.0 Å². The molecule has 1 atom stereocenters. The monoisotopic (exact) mass is 751 g/mol. The number of benzene rings is 1. The number of hydrogen-bond donors (Lipinski definition) is 1. The van der Waals surface area contributed by atoms with Crippen molar-refractivity contribution in [1.29, 1.82) is 0 Å². The van der Waals surface area contributed by atoms with Gasteiger partial charge in [-0.2, -0.15) is 0 Å². The van der Waals surface area contributed by atoms with Gasteiger partial charge < -0.3 is 38.3 Å². The molecule has 0 saturated heterocycles. The van der Waals surface area contributed by atoms with E-state index in [0.717, 1.165) is 16.5 Å². The molecule has 5 heterocycles. The normalized spacial score (nSPS) is 16.9. The fourth-order valence-corrected chi connectivity index (χ4v) is 7.61. The van der Waals surface area contributed by atoms with E-state index in [4.69, 9.17) is 19.2 Å². The van der Waals surface area contributed by atoms with Gasteiger partial charge in [0.25, 0.3) is 5.56 Å². The number of esters is 1. The Bertz CT molecular complexity index is 2480. The van der Waals surface area contributed by atoms with E-state index in [2.05, 4.69) is 0 Å². The third kappa shape index (κ3) is 5.89. The number of likely N-dealkylation sites (N-methyl/N-ethyl adjacent to an activating group) is 2. The number of hydrogen-bond acceptors (Lipinski definition) is 11. The predicted octanol–water partition coefficient (Wildman–Crippen LogP) is 4.31. The van der Waals surface area contributed by atoms with E-state index in [1.54, 1.807) is 68.3 Å². The number of aryl methyl sites for hydroxylation is 1. The Labute approximate surface area is 315 Å². The second-order valence-corrected chi connectivity index (χ2v) is 14.2. The topological polar surface area (TPSA) is 180 Å². The Morgan fingerprint density at radius 3 is 2.40 bits per heavy atom. The molecule has 0 spiro atoms. The summed E-state index contributed by atoms with van der Waals surface area (Å²) in [4.78, 5) is 85.3. The standard InChI is InChI=1S/C40H41N5O10/c1-8-23-24-15-22(10-11-29(24)41-33-25(23)17-45-30(33)16-28-27(36(45)48)19-53-37(49)40(28,52)9-2)55-39(51)43(6)13-12-42(5)38(50)54-18-26-21(4)44(7)34-31(46)14-20(3)35(47)32(26)34/h10-11,14-16,52H,8-9,12-13,17-19H2,1-7H3/t40-/m0/s1. The lowest BCUT2D eigenvalue weighted by molar-refractivity contribution is -0.172. The van der Waals surface area contributed by atoms with E-state index < -0.39 is 23.8 Å². The fourth-order valence-electron chi connectivity index (χ4n) is 7.61. The highest BCUT2D eigenvalue weighted by Crippen LogP contribution is 2.41. The molecule has 55 heavy (non-hydrogen) atoms. The molecule has 3 aromatic heterocycles. The average Bonchev–Trinajstić information content (AvgIpc) is 3.66. The molecule has 0 unspecified atom stereocenters. The second-order valence-electron chi connectivity index (χ2n) is 14.2. The Hall–Kier alpha value is -6.09. The van der Waals surface area contributed by atoms with Gasteiger partial charge in [0.05, 0.1) is 34.6 Å². The number of nitrogens with zero attached hydrogens (tertiary/aromatic N) is 5. The molecule has 1 N–H and O–H groups in total. The van der Waals surface area contributed by atoms with E-state index >= 15 is 0 Å². The number of aliphatic hydroxyl groups is 1. The molecule has 4 aromatic rings. The van der Waals surface area contributed by atoms with Crippen LogP contribution in [0.5, 0.6) is 5.75 Å². The summed E-state index contributed by atoms with van der Waals surface area (Å²) in [5, 5.41) is 11.9. The summed E-state index contributed by atoms with van der Waals surface area (Å²) in [6, 6.07) is 6.76. The predicted molar refractivity (Wildman–Crippen MR) is 198 cm³/mol. The number of amides is 2. The maximum Gasteiger partial charge on any atom is 0.415 e. The molecule has 0 saturated carbocycles. The molecule has 2 aliphatic heterocycles. The van der Waals surface area contributed by atoms with Crippen LogP contribution in [0.3, 0.4) is 0 Å². The van der Waals surface area contributed by atoms with Crippen molar-refractivity contribution in [2.75, 3.05) is 27.2 Å². The molecule has 1 aromatic carbocycles. The van der Waals surface area contributed by atoms with Gasteiger partial charge in [-0.15, -0.1) is 0 Å². The number of aromatic nitrogens is 3. The van der Waals surface area contributed by atoms with Crippen LogP contribution in [0.2, 0.25) is 0 Å². The lowest BCUT2D eigenvalue weighted by Crippen LogP contribution is -2.44. The van der Waals surface area contributed by atoms with E-state index in [0.29, 0.717) is 40.2 Å². The van der Waals surface area contributed by atoms with Gasteiger partial charge >= 0.3 is 18.2 Å². The number of carbonyl (C=O) groups excluding carboxylic acids is 5. The SMILES string of the molecule is CCc1c2c(nc3ccc(OC(=O)N(C)CCN(C)C(=O)OCc4c5c(n(C)c4C)C(=O)C=C(C)C5=O)cc13)-c1cc3c(c(=O)n1C2)COC(=O)[C@]3(O)CC. The van der Waals surface area contributed by atoms with Crippen LogP contribution in [-0.4, -0.2) is 85.9 Å². The largest absolute Gasteiger partial charge is 0.458 e. The zero-order valence-corrected chi connectivity index (χ0v) is 31.7. The summed E-state index contributed by atoms with van der Waals surface area (Å²) >= 11 is 0. The van der Waals surface area contributed by atoms with Crippen molar-refractivity contribution in [2.24, 2.45) is 7.05 Å². The Kier molecular flexibility index (Phi) is 9.24. The number of ketones is 2. The third-order valence-electron chi connectivity index (χ3n) is 11.1. The minimum Gasteiger partial charge on any atom is -0.458 e. The lowest BCUT2D eigenvalue weighted by atomic mass is 9.86. The molecule has 15 nitrogen and oxygen atoms in total. The van der Waals surface area contributed by atoms with Crippen LogP contribution in [0.15, 0.2) is 40.7 Å². The van der Waals surface area contributed by atoms with Crippen LogP contribution >= 0.6 is 0 Å². The molecule has 1 aliphatic carbocycles. The summed E-state index contributed by atoms with van der Waals surface area (Å²) in [5.41, 5.74) is 3.63.